The van der Waals surface area contributed by atoms with Crippen LogP contribution in [-0.2, 0) is 6.42 Å². The molecule has 4 aromatic rings. The number of hydrogen-bond acceptors (Lipinski definition) is 6. The van der Waals surface area contributed by atoms with Gasteiger partial charge in [-0.05, 0) is 49.1 Å². The van der Waals surface area contributed by atoms with E-state index in [4.69, 9.17) is 4.98 Å². The van der Waals surface area contributed by atoms with Crippen LogP contribution in [0.3, 0.4) is 0 Å². The van der Waals surface area contributed by atoms with Gasteiger partial charge in [0.1, 0.15) is 5.01 Å². The lowest BCUT2D eigenvalue weighted by molar-refractivity contribution is -0.385. The predicted octanol–water partition coefficient (Wildman–Crippen LogP) is 6.09. The number of nitrogens with one attached hydrogen (secondary N) is 1. The monoisotopic (exact) mass is 421 g/mol. The number of thiazole rings is 1. The van der Waals surface area contributed by atoms with Crippen molar-refractivity contribution in [1.29, 1.82) is 0 Å². The van der Waals surface area contributed by atoms with Crippen LogP contribution < -0.4 is 4.72 Å². The third-order valence-electron chi connectivity index (χ3n) is 4.48. The maximum atomic E-state index is 11.1. The highest BCUT2D eigenvalue weighted by molar-refractivity contribution is 7.97. The molecule has 1 N–H and O–H groups in total. The van der Waals surface area contributed by atoms with Gasteiger partial charge in [0.25, 0.3) is 5.69 Å². The van der Waals surface area contributed by atoms with Gasteiger partial charge in [0.15, 0.2) is 0 Å². The van der Waals surface area contributed by atoms with Gasteiger partial charge in [-0.1, -0.05) is 48.0 Å². The minimum Gasteiger partial charge on any atom is -0.258 e. The zero-order chi connectivity index (χ0) is 20.2. The number of nitrogens with zero attached hydrogens (tertiary/aromatic N) is 2. The summed E-state index contributed by atoms with van der Waals surface area (Å²) in [5, 5.41) is 12.1. The Kier molecular flexibility index (Phi) is 5.89. The summed E-state index contributed by atoms with van der Waals surface area (Å²) in [5.41, 5.74) is 3.52. The highest BCUT2D eigenvalue weighted by Crippen LogP contribution is 2.31. The van der Waals surface area contributed by atoms with E-state index in [1.165, 1.54) is 29.1 Å². The van der Waals surface area contributed by atoms with Crippen molar-refractivity contribution in [2.24, 2.45) is 0 Å². The van der Waals surface area contributed by atoms with E-state index in [2.05, 4.69) is 42.0 Å². The maximum absolute atomic E-state index is 11.1. The van der Waals surface area contributed by atoms with Gasteiger partial charge in [-0.15, -0.1) is 11.3 Å². The topological polar surface area (TPSA) is 68.1 Å². The normalized spacial score (nSPS) is 12.2. The van der Waals surface area contributed by atoms with Crippen molar-refractivity contribution in [1.82, 2.24) is 9.71 Å². The van der Waals surface area contributed by atoms with E-state index in [-0.39, 0.29) is 16.7 Å². The molecule has 3 aromatic carbocycles. The maximum Gasteiger partial charge on any atom is 0.270 e. The van der Waals surface area contributed by atoms with Crippen molar-refractivity contribution in [3.63, 3.8) is 0 Å². The summed E-state index contributed by atoms with van der Waals surface area (Å²) in [6.45, 7) is 2.08. The summed E-state index contributed by atoms with van der Waals surface area (Å²) in [4.78, 5) is 16.3. The van der Waals surface area contributed by atoms with Gasteiger partial charge in [0, 0.05) is 17.0 Å². The molecule has 0 aliphatic heterocycles. The Morgan fingerprint density at radius 1 is 1.10 bits per heavy atom. The van der Waals surface area contributed by atoms with E-state index in [0.717, 1.165) is 26.5 Å². The Bertz CT molecular complexity index is 1130. The molecule has 0 fully saturated rings. The van der Waals surface area contributed by atoms with Gasteiger partial charge < -0.3 is 0 Å². The molecule has 0 spiro atoms. The van der Waals surface area contributed by atoms with E-state index in [1.54, 1.807) is 23.5 Å². The molecule has 29 heavy (non-hydrogen) atoms. The van der Waals surface area contributed by atoms with Crippen LogP contribution in [0.25, 0.3) is 10.2 Å². The Morgan fingerprint density at radius 3 is 2.72 bits per heavy atom. The van der Waals surface area contributed by atoms with Crippen molar-refractivity contribution in [3.8, 4) is 0 Å². The summed E-state index contributed by atoms with van der Waals surface area (Å²) in [6.07, 6.45) is 0.781. The summed E-state index contributed by atoms with van der Waals surface area (Å²) in [7, 11) is 0. The highest BCUT2D eigenvalue weighted by atomic mass is 32.2. The van der Waals surface area contributed by atoms with Crippen LogP contribution in [-0.4, -0.2) is 9.91 Å². The van der Waals surface area contributed by atoms with Gasteiger partial charge in [0.05, 0.1) is 21.2 Å². The first-order chi connectivity index (χ1) is 14.1. The molecule has 1 heterocycles. The fourth-order valence-electron chi connectivity index (χ4n) is 3.09. The predicted molar refractivity (Wildman–Crippen MR) is 119 cm³/mol. The number of hydrogen-bond donors (Lipinski definition) is 1. The van der Waals surface area contributed by atoms with Crippen LogP contribution in [0.4, 0.5) is 5.69 Å². The summed E-state index contributed by atoms with van der Waals surface area (Å²) >= 11 is 3.08. The smallest absolute Gasteiger partial charge is 0.258 e. The molecule has 1 unspecified atom stereocenters. The zero-order valence-corrected chi connectivity index (χ0v) is 17.4. The summed E-state index contributed by atoms with van der Waals surface area (Å²) in [6, 6.07) is 23.2. The number of fused-ring (bicyclic) bond motifs is 1. The van der Waals surface area contributed by atoms with Crippen LogP contribution in [0.1, 0.15) is 22.2 Å². The SMILES string of the molecule is Cc1cccc(CC(NSc2cccc([N+](=O)[O-])c2)c2nc3ccccc3s2)c1. The highest BCUT2D eigenvalue weighted by Gasteiger charge is 2.18. The minimum atomic E-state index is -0.373. The quantitative estimate of drug-likeness (QED) is 0.222. The standard InChI is InChI=1S/C22H19N3O2S2/c1-15-6-4-7-16(12-15)13-20(22-23-19-10-2-3-11-21(19)28-22)24-29-18-9-5-8-17(14-18)25(26)27/h2-12,14,20,24H,13H2,1H3. The molecule has 1 atom stereocenters. The van der Waals surface area contributed by atoms with Crippen LogP contribution in [0.5, 0.6) is 0 Å². The van der Waals surface area contributed by atoms with Crippen LogP contribution in [0.2, 0.25) is 0 Å². The number of benzene rings is 3. The second-order valence-electron chi connectivity index (χ2n) is 6.74. The van der Waals surface area contributed by atoms with Gasteiger partial charge >= 0.3 is 0 Å². The molecule has 146 valence electrons. The lowest BCUT2D eigenvalue weighted by atomic mass is 10.0. The Hall–Kier alpha value is -2.74. The van der Waals surface area contributed by atoms with Crippen molar-refractivity contribution in [3.05, 3.63) is 99.0 Å². The van der Waals surface area contributed by atoms with E-state index < -0.39 is 0 Å². The molecule has 5 nitrogen and oxygen atoms in total. The van der Waals surface area contributed by atoms with E-state index >= 15 is 0 Å². The van der Waals surface area contributed by atoms with E-state index in [0.29, 0.717) is 0 Å². The second-order valence-corrected chi connectivity index (χ2v) is 8.71. The number of non-ortho nitro benzene ring substituents is 1. The molecule has 1 aromatic heterocycles. The molecule has 0 saturated carbocycles. The lowest BCUT2D eigenvalue weighted by Crippen LogP contribution is -2.17. The molecule has 0 bridgehead atoms. The van der Waals surface area contributed by atoms with Crippen LogP contribution in [0, 0.1) is 17.0 Å². The molecule has 7 heteroatoms. The minimum absolute atomic E-state index is 0.0153. The zero-order valence-electron chi connectivity index (χ0n) is 15.7. The van der Waals surface area contributed by atoms with E-state index in [1.807, 2.05) is 24.3 Å². The third-order valence-corrected chi connectivity index (χ3v) is 6.52. The molecule has 0 aliphatic carbocycles. The Morgan fingerprint density at radius 2 is 1.93 bits per heavy atom. The third kappa shape index (κ3) is 4.82. The summed E-state index contributed by atoms with van der Waals surface area (Å²) in [5.74, 6) is 0. The average molecular weight is 422 g/mol. The van der Waals surface area contributed by atoms with Crippen LogP contribution in [0.15, 0.2) is 77.7 Å². The molecule has 0 radical (unpaired) electrons. The van der Waals surface area contributed by atoms with Crippen LogP contribution >= 0.6 is 23.3 Å². The van der Waals surface area contributed by atoms with Gasteiger partial charge in [-0.2, -0.15) is 0 Å². The number of aromatic nitrogens is 1. The largest absolute Gasteiger partial charge is 0.270 e. The molecule has 4 rings (SSSR count). The van der Waals surface area contributed by atoms with Crippen molar-refractivity contribution in [2.45, 2.75) is 24.3 Å². The number of nitro groups is 1. The molecule has 0 aliphatic rings. The number of aryl methyl sites for hydroxylation is 1. The molecular weight excluding hydrogens is 402 g/mol. The second kappa shape index (κ2) is 8.73. The van der Waals surface area contributed by atoms with Crippen molar-refractivity contribution < 1.29 is 4.92 Å². The first kappa shape index (κ1) is 19.6. The molecule has 0 amide bonds. The van der Waals surface area contributed by atoms with Gasteiger partial charge in [-0.3, -0.25) is 10.1 Å². The fraction of sp³-hybridized carbons (Fsp3) is 0.136. The average Bonchev–Trinajstić information content (AvgIpc) is 3.15. The fourth-order valence-corrected chi connectivity index (χ4v) is 4.99. The first-order valence-corrected chi connectivity index (χ1v) is 10.8. The van der Waals surface area contributed by atoms with E-state index in [9.17, 15) is 10.1 Å². The Labute approximate surface area is 177 Å². The first-order valence-electron chi connectivity index (χ1n) is 9.16. The van der Waals surface area contributed by atoms with Crippen molar-refractivity contribution >= 4 is 39.2 Å². The number of para-hydroxylation sites is 1. The molecule has 0 saturated heterocycles. The molecular formula is C22H19N3O2S2. The summed E-state index contributed by atoms with van der Waals surface area (Å²) < 4.78 is 4.64. The Balaban J connectivity index is 1.60. The number of rotatable bonds is 7. The lowest BCUT2D eigenvalue weighted by Gasteiger charge is -2.16. The number of nitro benzene ring substituents is 1. The van der Waals surface area contributed by atoms with Gasteiger partial charge in [0.2, 0.25) is 0 Å². The van der Waals surface area contributed by atoms with Crippen molar-refractivity contribution in [2.75, 3.05) is 0 Å². The van der Waals surface area contributed by atoms with Gasteiger partial charge in [-0.25, -0.2) is 9.71 Å².